The molecule has 0 aliphatic rings. The van der Waals surface area contributed by atoms with Crippen molar-refractivity contribution in [2.75, 3.05) is 6.61 Å². The Hall–Kier alpha value is -2.59. The lowest BCUT2D eigenvalue weighted by atomic mass is 10.1. The van der Waals surface area contributed by atoms with Crippen LogP contribution >= 0.6 is 0 Å². The predicted molar refractivity (Wildman–Crippen MR) is 86.9 cm³/mol. The van der Waals surface area contributed by atoms with Crippen molar-refractivity contribution in [3.05, 3.63) is 66.5 Å². The number of ether oxygens (including phenoxy) is 1. The lowest BCUT2D eigenvalue weighted by Crippen LogP contribution is -1.97. The lowest BCUT2D eigenvalue weighted by molar-refractivity contribution is 0.282. The summed E-state index contributed by atoms with van der Waals surface area (Å²) in [6.07, 6.45) is 3.88. The molecule has 22 heavy (non-hydrogen) atoms. The number of rotatable bonds is 5. The van der Waals surface area contributed by atoms with E-state index in [0.717, 1.165) is 33.8 Å². The Morgan fingerprint density at radius 3 is 2.73 bits per heavy atom. The number of hydrogen-bond acceptors (Lipinski definition) is 3. The number of nitrogens with zero attached hydrogens (tertiary/aromatic N) is 2. The summed E-state index contributed by atoms with van der Waals surface area (Å²) < 4.78 is 7.54. The Balaban J connectivity index is 1.85. The van der Waals surface area contributed by atoms with Crippen LogP contribution in [0.25, 0.3) is 16.9 Å². The molecule has 0 fully saturated rings. The summed E-state index contributed by atoms with van der Waals surface area (Å²) in [5, 5.41) is 9.18. The third kappa shape index (κ3) is 3.02. The number of fused-ring (bicyclic) bond motifs is 1. The summed E-state index contributed by atoms with van der Waals surface area (Å²) in [6.45, 7) is 6.30. The van der Waals surface area contributed by atoms with Gasteiger partial charge in [-0.05, 0) is 54.5 Å². The van der Waals surface area contributed by atoms with Crippen LogP contribution < -0.4 is 4.74 Å². The molecular weight excluding hydrogens is 276 g/mol. The Morgan fingerprint density at radius 1 is 1.27 bits per heavy atom. The zero-order valence-electron chi connectivity index (χ0n) is 12.5. The van der Waals surface area contributed by atoms with Gasteiger partial charge in [0.15, 0.2) is 0 Å². The Bertz CT molecular complexity index is 804. The Kier molecular flexibility index (Phi) is 3.94. The van der Waals surface area contributed by atoms with E-state index in [-0.39, 0.29) is 6.61 Å². The van der Waals surface area contributed by atoms with E-state index in [1.165, 1.54) is 0 Å². The topological polar surface area (TPSA) is 46.8 Å². The molecule has 4 nitrogen and oxygen atoms in total. The van der Waals surface area contributed by atoms with Gasteiger partial charge >= 0.3 is 0 Å². The number of aliphatic hydroxyl groups excluding tert-OH is 1. The maximum atomic E-state index is 9.18. The standard InChI is InChI=1S/C18H18N2O2/c1-13(2)12-22-16-5-3-15(4-6-16)17-10-20-8-7-14(11-21)9-18(20)19-17/h3-10,21H,1,11-12H2,2H3. The molecule has 2 heterocycles. The first-order valence-corrected chi connectivity index (χ1v) is 7.12. The minimum absolute atomic E-state index is 0.0213. The van der Waals surface area contributed by atoms with Crippen molar-refractivity contribution in [2.24, 2.45) is 0 Å². The summed E-state index contributed by atoms with van der Waals surface area (Å²) in [7, 11) is 0. The molecule has 0 radical (unpaired) electrons. The van der Waals surface area contributed by atoms with E-state index in [1.54, 1.807) is 0 Å². The number of aromatic nitrogens is 2. The Labute approximate surface area is 129 Å². The van der Waals surface area contributed by atoms with E-state index in [2.05, 4.69) is 11.6 Å². The van der Waals surface area contributed by atoms with E-state index >= 15 is 0 Å². The third-order valence-corrected chi connectivity index (χ3v) is 3.34. The predicted octanol–water partition coefficient (Wildman–Crippen LogP) is 3.45. The Morgan fingerprint density at radius 2 is 2.05 bits per heavy atom. The molecule has 3 rings (SSSR count). The van der Waals surface area contributed by atoms with Gasteiger partial charge in [-0.3, -0.25) is 0 Å². The van der Waals surface area contributed by atoms with Gasteiger partial charge in [-0.1, -0.05) is 6.58 Å². The monoisotopic (exact) mass is 294 g/mol. The molecular formula is C18H18N2O2. The fraction of sp³-hybridized carbons (Fsp3) is 0.167. The molecule has 1 aromatic carbocycles. The lowest BCUT2D eigenvalue weighted by Gasteiger charge is -2.05. The first-order valence-electron chi connectivity index (χ1n) is 7.12. The second kappa shape index (κ2) is 6.03. The molecule has 0 aliphatic carbocycles. The molecule has 0 bridgehead atoms. The van der Waals surface area contributed by atoms with Crippen molar-refractivity contribution in [1.82, 2.24) is 9.38 Å². The number of benzene rings is 1. The van der Waals surface area contributed by atoms with Crippen LogP contribution in [0.1, 0.15) is 12.5 Å². The number of pyridine rings is 1. The molecule has 0 amide bonds. The first-order chi connectivity index (χ1) is 10.7. The van der Waals surface area contributed by atoms with Crippen molar-refractivity contribution in [3.63, 3.8) is 0 Å². The molecule has 0 atom stereocenters. The molecule has 3 aromatic rings. The van der Waals surface area contributed by atoms with Crippen LogP contribution in [0.2, 0.25) is 0 Å². The van der Waals surface area contributed by atoms with Crippen LogP contribution in [0.3, 0.4) is 0 Å². The van der Waals surface area contributed by atoms with E-state index in [1.807, 2.05) is 60.1 Å². The van der Waals surface area contributed by atoms with E-state index in [4.69, 9.17) is 4.74 Å². The summed E-state index contributed by atoms with van der Waals surface area (Å²) in [5.41, 5.74) is 4.58. The normalized spacial score (nSPS) is 10.8. The van der Waals surface area contributed by atoms with Gasteiger partial charge in [0.2, 0.25) is 0 Å². The molecule has 112 valence electrons. The molecule has 0 aliphatic heterocycles. The molecule has 0 saturated heterocycles. The van der Waals surface area contributed by atoms with Gasteiger partial charge in [-0.25, -0.2) is 4.98 Å². The van der Waals surface area contributed by atoms with Gasteiger partial charge in [-0.2, -0.15) is 0 Å². The zero-order valence-corrected chi connectivity index (χ0v) is 12.5. The summed E-state index contributed by atoms with van der Waals surface area (Å²) in [6, 6.07) is 11.6. The fourth-order valence-electron chi connectivity index (χ4n) is 2.19. The van der Waals surface area contributed by atoms with Crippen molar-refractivity contribution >= 4 is 5.65 Å². The average molecular weight is 294 g/mol. The molecule has 0 spiro atoms. The van der Waals surface area contributed by atoms with E-state index in [0.29, 0.717) is 6.61 Å². The summed E-state index contributed by atoms with van der Waals surface area (Å²) in [4.78, 5) is 4.59. The SMILES string of the molecule is C=C(C)COc1ccc(-c2cn3ccc(CO)cc3n2)cc1. The second-order valence-corrected chi connectivity index (χ2v) is 5.35. The zero-order chi connectivity index (χ0) is 15.5. The molecule has 0 unspecified atom stereocenters. The van der Waals surface area contributed by atoms with Crippen molar-refractivity contribution in [3.8, 4) is 17.0 Å². The maximum absolute atomic E-state index is 9.18. The van der Waals surface area contributed by atoms with E-state index < -0.39 is 0 Å². The highest BCUT2D eigenvalue weighted by molar-refractivity contribution is 5.63. The van der Waals surface area contributed by atoms with Crippen LogP contribution in [0.5, 0.6) is 5.75 Å². The highest BCUT2D eigenvalue weighted by Crippen LogP contribution is 2.22. The second-order valence-electron chi connectivity index (χ2n) is 5.35. The molecule has 1 N–H and O–H groups in total. The van der Waals surface area contributed by atoms with Crippen LogP contribution in [0.4, 0.5) is 0 Å². The number of imidazole rings is 1. The van der Waals surface area contributed by atoms with Gasteiger partial charge in [0.25, 0.3) is 0 Å². The van der Waals surface area contributed by atoms with Gasteiger partial charge in [0.1, 0.15) is 18.0 Å². The summed E-state index contributed by atoms with van der Waals surface area (Å²) in [5.74, 6) is 0.818. The van der Waals surface area contributed by atoms with Crippen LogP contribution in [0, 0.1) is 0 Å². The van der Waals surface area contributed by atoms with Crippen LogP contribution in [-0.2, 0) is 6.61 Å². The quantitative estimate of drug-likeness (QED) is 0.733. The van der Waals surface area contributed by atoms with Crippen molar-refractivity contribution in [2.45, 2.75) is 13.5 Å². The maximum Gasteiger partial charge on any atom is 0.137 e. The van der Waals surface area contributed by atoms with E-state index in [9.17, 15) is 5.11 Å². The van der Waals surface area contributed by atoms with Gasteiger partial charge in [0, 0.05) is 18.0 Å². The number of hydrogen-bond donors (Lipinski definition) is 1. The van der Waals surface area contributed by atoms with Gasteiger partial charge < -0.3 is 14.2 Å². The van der Waals surface area contributed by atoms with Gasteiger partial charge in [0.05, 0.1) is 12.3 Å². The van der Waals surface area contributed by atoms with Crippen LogP contribution in [-0.4, -0.2) is 21.1 Å². The minimum Gasteiger partial charge on any atom is -0.489 e. The van der Waals surface area contributed by atoms with Crippen LogP contribution in [0.15, 0.2) is 60.9 Å². The molecule has 4 heteroatoms. The highest BCUT2D eigenvalue weighted by atomic mass is 16.5. The molecule has 0 saturated carbocycles. The molecule has 2 aromatic heterocycles. The fourth-order valence-corrected chi connectivity index (χ4v) is 2.19. The van der Waals surface area contributed by atoms with Crippen molar-refractivity contribution < 1.29 is 9.84 Å². The van der Waals surface area contributed by atoms with Gasteiger partial charge in [-0.15, -0.1) is 0 Å². The smallest absolute Gasteiger partial charge is 0.137 e. The minimum atomic E-state index is 0.0213. The first kappa shape index (κ1) is 14.4. The highest BCUT2D eigenvalue weighted by Gasteiger charge is 2.05. The average Bonchev–Trinajstić information content (AvgIpc) is 2.96. The van der Waals surface area contributed by atoms with Crippen molar-refractivity contribution in [1.29, 1.82) is 0 Å². The number of aliphatic hydroxyl groups is 1. The largest absolute Gasteiger partial charge is 0.489 e. The third-order valence-electron chi connectivity index (χ3n) is 3.34. The summed E-state index contributed by atoms with van der Waals surface area (Å²) >= 11 is 0.